The highest BCUT2D eigenvalue weighted by atomic mass is 16.5. The summed E-state index contributed by atoms with van der Waals surface area (Å²) < 4.78 is 10.8. The molecule has 0 aromatic carbocycles. The van der Waals surface area contributed by atoms with Crippen molar-refractivity contribution in [2.45, 2.75) is 39.7 Å². The Morgan fingerprint density at radius 3 is 3.08 bits per heavy atom. The monoisotopic (exact) mass is 350 g/mol. The molecular weight excluding hydrogens is 316 g/mol. The maximum Gasteiger partial charge on any atom is 0.191 e. The minimum absolute atomic E-state index is 0.538. The van der Waals surface area contributed by atoms with E-state index in [1.54, 1.807) is 6.26 Å². The first-order chi connectivity index (χ1) is 12.3. The Bertz CT molecular complexity index is 476. The number of likely N-dealkylation sites (tertiary alicyclic amines) is 1. The molecule has 2 heterocycles. The number of hydrogen-bond acceptors (Lipinski definition) is 4. The summed E-state index contributed by atoms with van der Waals surface area (Å²) in [6, 6.07) is 3.81. The highest BCUT2D eigenvalue weighted by molar-refractivity contribution is 5.79. The number of guanidine groups is 1. The minimum Gasteiger partial charge on any atom is -0.467 e. The van der Waals surface area contributed by atoms with E-state index in [0.717, 1.165) is 44.3 Å². The molecule has 1 aliphatic rings. The van der Waals surface area contributed by atoms with Gasteiger partial charge in [-0.2, -0.15) is 0 Å². The Kier molecular flexibility index (Phi) is 9.44. The summed E-state index contributed by atoms with van der Waals surface area (Å²) in [5.41, 5.74) is 0. The average molecular weight is 351 g/mol. The number of ether oxygens (including phenoxy) is 1. The number of nitrogens with zero attached hydrogens (tertiary/aromatic N) is 2. The van der Waals surface area contributed by atoms with Crippen LogP contribution in [-0.2, 0) is 11.3 Å². The molecule has 142 valence electrons. The Labute approximate surface area is 152 Å². The second kappa shape index (κ2) is 11.9. The quantitative estimate of drug-likeness (QED) is 0.386. The third kappa shape index (κ3) is 7.92. The summed E-state index contributed by atoms with van der Waals surface area (Å²) in [5, 5.41) is 6.73. The lowest BCUT2D eigenvalue weighted by Gasteiger charge is -2.31. The van der Waals surface area contributed by atoms with Crippen LogP contribution in [0.3, 0.4) is 0 Å². The van der Waals surface area contributed by atoms with E-state index < -0.39 is 0 Å². The molecule has 0 amide bonds. The number of piperidine rings is 1. The SMILES string of the molecule is CCNC(=NCC1CCCN(CC)C1)NCCCOCc1ccco1. The lowest BCUT2D eigenvalue weighted by atomic mass is 9.98. The van der Waals surface area contributed by atoms with Crippen molar-refractivity contribution in [3.05, 3.63) is 24.2 Å². The summed E-state index contributed by atoms with van der Waals surface area (Å²) >= 11 is 0. The van der Waals surface area contributed by atoms with Crippen LogP contribution < -0.4 is 10.6 Å². The van der Waals surface area contributed by atoms with E-state index in [1.165, 1.54) is 25.9 Å². The molecule has 6 heteroatoms. The first kappa shape index (κ1) is 19.8. The zero-order valence-corrected chi connectivity index (χ0v) is 15.8. The van der Waals surface area contributed by atoms with Crippen LogP contribution in [0.1, 0.15) is 38.9 Å². The number of nitrogens with one attached hydrogen (secondary N) is 2. The molecule has 1 saturated heterocycles. The molecule has 1 aromatic rings. The summed E-state index contributed by atoms with van der Waals surface area (Å²) in [7, 11) is 0. The first-order valence-corrected chi connectivity index (χ1v) is 9.66. The number of rotatable bonds is 10. The Hall–Kier alpha value is -1.53. The molecule has 0 saturated carbocycles. The van der Waals surface area contributed by atoms with Gasteiger partial charge in [0.25, 0.3) is 0 Å². The highest BCUT2D eigenvalue weighted by Crippen LogP contribution is 2.16. The van der Waals surface area contributed by atoms with Crippen molar-refractivity contribution in [2.24, 2.45) is 10.9 Å². The van der Waals surface area contributed by atoms with Crippen molar-refractivity contribution in [1.29, 1.82) is 0 Å². The Morgan fingerprint density at radius 2 is 2.32 bits per heavy atom. The Morgan fingerprint density at radius 1 is 1.40 bits per heavy atom. The molecular formula is C19H34N4O2. The van der Waals surface area contributed by atoms with Crippen LogP contribution in [0.5, 0.6) is 0 Å². The zero-order chi connectivity index (χ0) is 17.7. The third-order valence-electron chi connectivity index (χ3n) is 4.48. The van der Waals surface area contributed by atoms with E-state index in [9.17, 15) is 0 Å². The molecule has 2 N–H and O–H groups in total. The maximum absolute atomic E-state index is 5.60. The summed E-state index contributed by atoms with van der Waals surface area (Å²) in [6.45, 7) is 11.8. The summed E-state index contributed by atoms with van der Waals surface area (Å²) in [5.74, 6) is 2.47. The lowest BCUT2D eigenvalue weighted by molar-refractivity contribution is 0.105. The molecule has 6 nitrogen and oxygen atoms in total. The highest BCUT2D eigenvalue weighted by Gasteiger charge is 2.18. The van der Waals surface area contributed by atoms with Crippen LogP contribution in [0, 0.1) is 5.92 Å². The van der Waals surface area contributed by atoms with Gasteiger partial charge >= 0.3 is 0 Å². The van der Waals surface area contributed by atoms with Gasteiger partial charge in [0.2, 0.25) is 0 Å². The van der Waals surface area contributed by atoms with Crippen LogP contribution in [-0.4, -0.2) is 56.7 Å². The van der Waals surface area contributed by atoms with Gasteiger partial charge in [0.15, 0.2) is 5.96 Å². The fourth-order valence-electron chi connectivity index (χ4n) is 3.10. The predicted molar refractivity (Wildman–Crippen MR) is 102 cm³/mol. The number of furan rings is 1. The van der Waals surface area contributed by atoms with Crippen LogP contribution in [0.25, 0.3) is 0 Å². The molecule has 1 unspecified atom stereocenters. The van der Waals surface area contributed by atoms with Crippen molar-refractivity contribution in [3.63, 3.8) is 0 Å². The van der Waals surface area contributed by atoms with Gasteiger partial charge < -0.3 is 24.7 Å². The standard InChI is InChI=1S/C19H34N4O2/c1-3-20-19(22-14-17-8-5-11-23(4-2)15-17)21-10-7-12-24-16-18-9-6-13-25-18/h6,9,13,17H,3-5,7-8,10-12,14-16H2,1-2H3,(H2,20,21,22). The normalized spacial score (nSPS) is 19.1. The fourth-order valence-corrected chi connectivity index (χ4v) is 3.10. The van der Waals surface area contributed by atoms with Gasteiger partial charge in [0, 0.05) is 32.8 Å². The van der Waals surface area contributed by atoms with E-state index in [-0.39, 0.29) is 0 Å². The molecule has 1 fully saturated rings. The molecule has 1 aliphatic heterocycles. The molecule has 0 aliphatic carbocycles. The summed E-state index contributed by atoms with van der Waals surface area (Å²) in [4.78, 5) is 7.30. The van der Waals surface area contributed by atoms with E-state index in [2.05, 4.69) is 29.4 Å². The van der Waals surface area contributed by atoms with Gasteiger partial charge in [-0.05, 0) is 57.3 Å². The van der Waals surface area contributed by atoms with Crippen molar-refractivity contribution in [3.8, 4) is 0 Å². The van der Waals surface area contributed by atoms with Gasteiger partial charge in [-0.3, -0.25) is 4.99 Å². The van der Waals surface area contributed by atoms with E-state index in [1.807, 2.05) is 12.1 Å². The van der Waals surface area contributed by atoms with E-state index in [0.29, 0.717) is 19.1 Å². The fraction of sp³-hybridized carbons (Fsp3) is 0.737. The second-order valence-electron chi connectivity index (χ2n) is 6.53. The maximum atomic E-state index is 5.60. The average Bonchev–Trinajstić information content (AvgIpc) is 3.16. The smallest absolute Gasteiger partial charge is 0.191 e. The van der Waals surface area contributed by atoms with Gasteiger partial charge in [-0.15, -0.1) is 0 Å². The number of aliphatic imine (C=N–C) groups is 1. The summed E-state index contributed by atoms with van der Waals surface area (Å²) in [6.07, 6.45) is 5.20. The molecule has 1 aromatic heterocycles. The molecule has 2 rings (SSSR count). The molecule has 0 radical (unpaired) electrons. The van der Waals surface area contributed by atoms with E-state index >= 15 is 0 Å². The van der Waals surface area contributed by atoms with Crippen LogP contribution in [0.4, 0.5) is 0 Å². The van der Waals surface area contributed by atoms with Crippen molar-refractivity contribution in [2.75, 3.05) is 45.9 Å². The van der Waals surface area contributed by atoms with Gasteiger partial charge in [0.1, 0.15) is 12.4 Å². The third-order valence-corrected chi connectivity index (χ3v) is 4.48. The van der Waals surface area contributed by atoms with Gasteiger partial charge in [-0.25, -0.2) is 0 Å². The van der Waals surface area contributed by atoms with Crippen molar-refractivity contribution >= 4 is 5.96 Å². The molecule has 0 spiro atoms. The largest absolute Gasteiger partial charge is 0.467 e. The molecule has 0 bridgehead atoms. The van der Waals surface area contributed by atoms with Crippen LogP contribution >= 0.6 is 0 Å². The topological polar surface area (TPSA) is 62.0 Å². The van der Waals surface area contributed by atoms with Crippen LogP contribution in [0.15, 0.2) is 27.8 Å². The van der Waals surface area contributed by atoms with Crippen molar-refractivity contribution in [1.82, 2.24) is 15.5 Å². The number of hydrogen-bond donors (Lipinski definition) is 2. The Balaban J connectivity index is 1.61. The van der Waals surface area contributed by atoms with E-state index in [4.69, 9.17) is 14.1 Å². The zero-order valence-electron chi connectivity index (χ0n) is 15.8. The lowest BCUT2D eigenvalue weighted by Crippen LogP contribution is -2.40. The second-order valence-corrected chi connectivity index (χ2v) is 6.53. The minimum atomic E-state index is 0.538. The van der Waals surface area contributed by atoms with Crippen molar-refractivity contribution < 1.29 is 9.15 Å². The molecule has 25 heavy (non-hydrogen) atoms. The molecule has 1 atom stereocenters. The van der Waals surface area contributed by atoms with Gasteiger partial charge in [-0.1, -0.05) is 6.92 Å². The predicted octanol–water partition coefficient (Wildman–Crippen LogP) is 2.47. The van der Waals surface area contributed by atoms with Gasteiger partial charge in [0.05, 0.1) is 6.26 Å². The first-order valence-electron chi connectivity index (χ1n) is 9.66. The van der Waals surface area contributed by atoms with Crippen LogP contribution in [0.2, 0.25) is 0 Å².